The summed E-state index contributed by atoms with van der Waals surface area (Å²) in [5, 5.41) is 4.68. The molecule has 20 heavy (non-hydrogen) atoms. The lowest BCUT2D eigenvalue weighted by Gasteiger charge is -2.09. The molecule has 2 N–H and O–H groups in total. The predicted octanol–water partition coefficient (Wildman–Crippen LogP) is 4.10. The summed E-state index contributed by atoms with van der Waals surface area (Å²) >= 11 is 0. The lowest BCUT2D eigenvalue weighted by molar-refractivity contribution is 1.09. The van der Waals surface area contributed by atoms with E-state index in [2.05, 4.69) is 66.4 Å². The Labute approximate surface area is 119 Å². The molecule has 3 nitrogen and oxygen atoms in total. The lowest BCUT2D eigenvalue weighted by Crippen LogP contribution is -2.03. The van der Waals surface area contributed by atoms with Crippen LogP contribution in [0.3, 0.4) is 0 Å². The molecule has 2 aromatic heterocycles. The second-order valence-electron chi connectivity index (χ2n) is 5.24. The highest BCUT2D eigenvalue weighted by Crippen LogP contribution is 2.26. The average molecular weight is 265 g/mol. The van der Waals surface area contributed by atoms with Crippen molar-refractivity contribution >= 4 is 16.7 Å². The van der Waals surface area contributed by atoms with Gasteiger partial charge in [0, 0.05) is 23.8 Å². The van der Waals surface area contributed by atoms with E-state index in [1.165, 1.54) is 27.8 Å². The first kappa shape index (κ1) is 12.7. The standard InChI is InChI=1S/C17H19N3/c1-11-6-4-5-7-14(11)10-19-17-16-15(8-9-18-17)12(2)13(3)20-16/h4-9,20H,10H2,1-3H3,(H,18,19). The van der Waals surface area contributed by atoms with E-state index in [9.17, 15) is 0 Å². The zero-order chi connectivity index (χ0) is 14.1. The molecule has 0 unspecified atom stereocenters. The molecule has 0 fully saturated rings. The average Bonchev–Trinajstić information content (AvgIpc) is 2.74. The first-order chi connectivity index (χ1) is 9.66. The third-order valence-electron chi connectivity index (χ3n) is 3.94. The number of hydrogen-bond acceptors (Lipinski definition) is 2. The van der Waals surface area contributed by atoms with Gasteiger partial charge in [-0.2, -0.15) is 0 Å². The molecule has 3 heteroatoms. The van der Waals surface area contributed by atoms with Crippen molar-refractivity contribution < 1.29 is 0 Å². The van der Waals surface area contributed by atoms with E-state index in [0.717, 1.165) is 17.9 Å². The first-order valence-corrected chi connectivity index (χ1v) is 6.89. The van der Waals surface area contributed by atoms with Crippen molar-refractivity contribution in [3.63, 3.8) is 0 Å². The fourth-order valence-corrected chi connectivity index (χ4v) is 2.51. The number of benzene rings is 1. The van der Waals surface area contributed by atoms with E-state index in [1.54, 1.807) is 0 Å². The largest absolute Gasteiger partial charge is 0.364 e. The maximum absolute atomic E-state index is 4.46. The molecule has 0 spiro atoms. The summed E-state index contributed by atoms with van der Waals surface area (Å²) in [5.74, 6) is 0.918. The van der Waals surface area contributed by atoms with Gasteiger partial charge in [0.2, 0.25) is 0 Å². The molecule has 1 aromatic carbocycles. The molecule has 3 aromatic rings. The van der Waals surface area contributed by atoms with Crippen LogP contribution in [0.1, 0.15) is 22.4 Å². The Bertz CT molecular complexity index is 756. The second-order valence-corrected chi connectivity index (χ2v) is 5.24. The van der Waals surface area contributed by atoms with Gasteiger partial charge in [0.05, 0.1) is 5.52 Å². The summed E-state index contributed by atoms with van der Waals surface area (Å²) in [7, 11) is 0. The molecule has 0 saturated heterocycles. The first-order valence-electron chi connectivity index (χ1n) is 6.89. The van der Waals surface area contributed by atoms with Crippen LogP contribution in [0.15, 0.2) is 36.5 Å². The Morgan fingerprint density at radius 1 is 1.10 bits per heavy atom. The van der Waals surface area contributed by atoms with Crippen molar-refractivity contribution in [2.75, 3.05) is 5.32 Å². The van der Waals surface area contributed by atoms with Crippen LogP contribution in [0.5, 0.6) is 0 Å². The molecule has 0 radical (unpaired) electrons. The van der Waals surface area contributed by atoms with Gasteiger partial charge < -0.3 is 10.3 Å². The minimum absolute atomic E-state index is 0.788. The van der Waals surface area contributed by atoms with Crippen LogP contribution in [-0.4, -0.2) is 9.97 Å². The molecule has 0 amide bonds. The summed E-state index contributed by atoms with van der Waals surface area (Å²) in [6.07, 6.45) is 1.86. The van der Waals surface area contributed by atoms with Gasteiger partial charge in [-0.05, 0) is 43.5 Å². The fraction of sp³-hybridized carbons (Fsp3) is 0.235. The van der Waals surface area contributed by atoms with Crippen molar-refractivity contribution in [1.82, 2.24) is 9.97 Å². The van der Waals surface area contributed by atoms with Crippen molar-refractivity contribution in [1.29, 1.82) is 0 Å². The molecule has 0 bridgehead atoms. The topological polar surface area (TPSA) is 40.7 Å². The zero-order valence-electron chi connectivity index (χ0n) is 12.1. The summed E-state index contributed by atoms with van der Waals surface area (Å²) in [4.78, 5) is 7.88. The summed E-state index contributed by atoms with van der Waals surface area (Å²) < 4.78 is 0. The summed E-state index contributed by atoms with van der Waals surface area (Å²) in [6.45, 7) is 7.16. The van der Waals surface area contributed by atoms with E-state index in [1.807, 2.05) is 6.20 Å². The third kappa shape index (κ3) is 2.16. The summed E-state index contributed by atoms with van der Waals surface area (Å²) in [5.41, 5.74) is 6.18. The van der Waals surface area contributed by atoms with Gasteiger partial charge in [-0.3, -0.25) is 0 Å². The number of rotatable bonds is 3. The minimum atomic E-state index is 0.788. The van der Waals surface area contributed by atoms with Crippen LogP contribution in [0.4, 0.5) is 5.82 Å². The van der Waals surface area contributed by atoms with E-state index in [4.69, 9.17) is 0 Å². The number of anilines is 1. The monoisotopic (exact) mass is 265 g/mol. The fourth-order valence-electron chi connectivity index (χ4n) is 2.51. The Morgan fingerprint density at radius 3 is 2.70 bits per heavy atom. The Kier molecular flexibility index (Phi) is 3.18. The predicted molar refractivity (Wildman–Crippen MR) is 84.1 cm³/mol. The quantitative estimate of drug-likeness (QED) is 0.748. The number of H-pyrrole nitrogens is 1. The van der Waals surface area contributed by atoms with Crippen LogP contribution in [0, 0.1) is 20.8 Å². The van der Waals surface area contributed by atoms with Crippen molar-refractivity contribution in [3.05, 3.63) is 58.9 Å². The van der Waals surface area contributed by atoms with Crippen LogP contribution in [0.2, 0.25) is 0 Å². The minimum Gasteiger partial charge on any atom is -0.364 e. The Hall–Kier alpha value is -2.29. The molecular weight excluding hydrogens is 246 g/mol. The molecular formula is C17H19N3. The maximum Gasteiger partial charge on any atom is 0.150 e. The smallest absolute Gasteiger partial charge is 0.150 e. The molecule has 2 heterocycles. The van der Waals surface area contributed by atoms with Crippen molar-refractivity contribution in [2.45, 2.75) is 27.3 Å². The molecule has 0 aliphatic heterocycles. The van der Waals surface area contributed by atoms with Gasteiger partial charge in [0.1, 0.15) is 0 Å². The number of nitrogens with one attached hydrogen (secondary N) is 2. The lowest BCUT2D eigenvalue weighted by atomic mass is 10.1. The Morgan fingerprint density at radius 2 is 1.90 bits per heavy atom. The molecule has 0 saturated carbocycles. The van der Waals surface area contributed by atoms with Crippen LogP contribution >= 0.6 is 0 Å². The van der Waals surface area contributed by atoms with Gasteiger partial charge in [0.15, 0.2) is 5.82 Å². The van der Waals surface area contributed by atoms with E-state index in [0.29, 0.717) is 0 Å². The number of aryl methyl sites for hydroxylation is 3. The highest BCUT2D eigenvalue weighted by atomic mass is 15.0. The molecule has 0 aliphatic carbocycles. The van der Waals surface area contributed by atoms with Gasteiger partial charge in [-0.1, -0.05) is 24.3 Å². The van der Waals surface area contributed by atoms with Gasteiger partial charge in [-0.15, -0.1) is 0 Å². The maximum atomic E-state index is 4.46. The third-order valence-corrected chi connectivity index (χ3v) is 3.94. The van der Waals surface area contributed by atoms with Crippen molar-refractivity contribution in [3.8, 4) is 0 Å². The van der Waals surface area contributed by atoms with Gasteiger partial charge >= 0.3 is 0 Å². The van der Waals surface area contributed by atoms with Crippen molar-refractivity contribution in [2.24, 2.45) is 0 Å². The molecule has 102 valence electrons. The molecule has 0 aliphatic rings. The van der Waals surface area contributed by atoms with E-state index < -0.39 is 0 Å². The number of fused-ring (bicyclic) bond motifs is 1. The molecule has 3 rings (SSSR count). The van der Waals surface area contributed by atoms with Crippen LogP contribution in [-0.2, 0) is 6.54 Å². The van der Waals surface area contributed by atoms with Crippen LogP contribution in [0.25, 0.3) is 10.9 Å². The number of hydrogen-bond donors (Lipinski definition) is 2. The van der Waals surface area contributed by atoms with Gasteiger partial charge in [-0.25, -0.2) is 4.98 Å². The number of nitrogens with zero attached hydrogens (tertiary/aromatic N) is 1. The normalized spacial score (nSPS) is 10.9. The van der Waals surface area contributed by atoms with Gasteiger partial charge in [0.25, 0.3) is 0 Å². The summed E-state index contributed by atoms with van der Waals surface area (Å²) in [6, 6.07) is 10.5. The zero-order valence-corrected chi connectivity index (χ0v) is 12.1. The van der Waals surface area contributed by atoms with E-state index in [-0.39, 0.29) is 0 Å². The van der Waals surface area contributed by atoms with E-state index >= 15 is 0 Å². The SMILES string of the molecule is Cc1ccccc1CNc1nccc2c(C)c(C)[nH]c12. The number of aromatic nitrogens is 2. The highest BCUT2D eigenvalue weighted by molar-refractivity contribution is 5.92. The van der Waals surface area contributed by atoms with Crippen LogP contribution < -0.4 is 5.32 Å². The second kappa shape index (κ2) is 5.00. The Balaban J connectivity index is 1.92. The molecule has 0 atom stereocenters. The highest BCUT2D eigenvalue weighted by Gasteiger charge is 2.09. The number of aromatic amines is 1. The number of pyridine rings is 1.